The van der Waals surface area contributed by atoms with Gasteiger partial charge in [0.05, 0.1) is 9.80 Å². The highest BCUT2D eigenvalue weighted by atomic mass is 32.2. The number of sulfone groups is 1. The first-order valence-electron chi connectivity index (χ1n) is 5.74. The fourth-order valence-corrected chi connectivity index (χ4v) is 3.62. The molecular weight excluding hydrogens is 236 g/mol. The van der Waals surface area contributed by atoms with Crippen LogP contribution in [0, 0.1) is 6.92 Å². The van der Waals surface area contributed by atoms with Crippen molar-refractivity contribution < 1.29 is 13.5 Å². The van der Waals surface area contributed by atoms with E-state index in [9.17, 15) is 13.5 Å². The quantitative estimate of drug-likeness (QED) is 0.879. The molecule has 0 aromatic heterocycles. The van der Waals surface area contributed by atoms with Gasteiger partial charge in [-0.3, -0.25) is 0 Å². The Labute approximate surface area is 102 Å². The first kappa shape index (κ1) is 12.2. The topological polar surface area (TPSA) is 54.4 Å². The number of benzene rings is 1. The third-order valence-corrected chi connectivity index (χ3v) is 5.03. The standard InChI is InChI=1S/C13H16O3S/c1-10-6-8-11(9-7-10)17(15,16)13-5-3-2-4-12(13)14/h6-9,14H,2-5H2,1H3. The molecule has 0 aliphatic heterocycles. The van der Waals surface area contributed by atoms with Gasteiger partial charge in [-0.2, -0.15) is 0 Å². The number of aliphatic hydroxyl groups excluding tert-OH is 1. The summed E-state index contributed by atoms with van der Waals surface area (Å²) < 4.78 is 24.6. The van der Waals surface area contributed by atoms with Crippen LogP contribution >= 0.6 is 0 Å². The van der Waals surface area contributed by atoms with Crippen molar-refractivity contribution in [3.8, 4) is 0 Å². The number of aliphatic hydroxyl groups is 1. The Morgan fingerprint density at radius 2 is 1.65 bits per heavy atom. The zero-order valence-electron chi connectivity index (χ0n) is 9.81. The first-order valence-corrected chi connectivity index (χ1v) is 7.23. The predicted octanol–water partition coefficient (Wildman–Crippen LogP) is 3.11. The molecule has 0 saturated carbocycles. The molecule has 92 valence electrons. The molecule has 0 bridgehead atoms. The Bertz CT molecular complexity index is 539. The number of hydrogen-bond donors (Lipinski definition) is 1. The second-order valence-corrected chi connectivity index (χ2v) is 6.36. The van der Waals surface area contributed by atoms with Crippen molar-refractivity contribution in [2.75, 3.05) is 0 Å². The second-order valence-electron chi connectivity index (χ2n) is 4.39. The van der Waals surface area contributed by atoms with Crippen molar-refractivity contribution in [1.82, 2.24) is 0 Å². The van der Waals surface area contributed by atoms with Crippen molar-refractivity contribution in [2.45, 2.75) is 37.5 Å². The Morgan fingerprint density at radius 3 is 2.24 bits per heavy atom. The molecule has 0 unspecified atom stereocenters. The Hall–Kier alpha value is -1.29. The van der Waals surface area contributed by atoms with Crippen LogP contribution in [0.5, 0.6) is 0 Å². The van der Waals surface area contributed by atoms with Gasteiger partial charge in [-0.25, -0.2) is 8.42 Å². The van der Waals surface area contributed by atoms with Crippen LogP contribution in [0.4, 0.5) is 0 Å². The van der Waals surface area contributed by atoms with Crippen molar-refractivity contribution in [3.05, 3.63) is 40.5 Å². The van der Waals surface area contributed by atoms with Gasteiger partial charge in [-0.05, 0) is 38.3 Å². The van der Waals surface area contributed by atoms with Crippen LogP contribution in [-0.4, -0.2) is 13.5 Å². The summed E-state index contributed by atoms with van der Waals surface area (Å²) in [5.41, 5.74) is 1.02. The summed E-state index contributed by atoms with van der Waals surface area (Å²) in [7, 11) is -3.50. The van der Waals surface area contributed by atoms with Crippen molar-refractivity contribution in [2.24, 2.45) is 0 Å². The molecule has 1 aromatic carbocycles. The molecule has 0 heterocycles. The van der Waals surface area contributed by atoms with Crippen LogP contribution in [0.15, 0.2) is 39.8 Å². The molecular formula is C13H16O3S. The van der Waals surface area contributed by atoms with Crippen LogP contribution in [0.25, 0.3) is 0 Å². The van der Waals surface area contributed by atoms with Crippen LogP contribution in [0.1, 0.15) is 31.2 Å². The molecule has 4 heteroatoms. The van der Waals surface area contributed by atoms with Gasteiger partial charge in [0.15, 0.2) is 0 Å². The lowest BCUT2D eigenvalue weighted by Crippen LogP contribution is -2.11. The summed E-state index contributed by atoms with van der Waals surface area (Å²) in [6.07, 6.45) is 2.60. The van der Waals surface area contributed by atoms with Gasteiger partial charge in [-0.15, -0.1) is 0 Å². The van der Waals surface area contributed by atoms with E-state index in [2.05, 4.69) is 0 Å². The van der Waals surface area contributed by atoms with E-state index >= 15 is 0 Å². The SMILES string of the molecule is Cc1ccc(S(=O)(=O)C2=C(O)CCCC2)cc1. The van der Waals surface area contributed by atoms with Crippen LogP contribution in [0.2, 0.25) is 0 Å². The third kappa shape index (κ3) is 2.36. The minimum atomic E-state index is -3.50. The Morgan fingerprint density at radius 1 is 1.06 bits per heavy atom. The van der Waals surface area contributed by atoms with Crippen LogP contribution < -0.4 is 0 Å². The maximum Gasteiger partial charge on any atom is 0.206 e. The van der Waals surface area contributed by atoms with E-state index in [-0.39, 0.29) is 15.6 Å². The fraction of sp³-hybridized carbons (Fsp3) is 0.385. The Balaban J connectivity index is 2.46. The van der Waals surface area contributed by atoms with E-state index in [0.717, 1.165) is 18.4 Å². The molecule has 0 saturated heterocycles. The first-order chi connectivity index (χ1) is 8.01. The molecule has 1 aliphatic carbocycles. The summed E-state index contributed by atoms with van der Waals surface area (Å²) >= 11 is 0. The van der Waals surface area contributed by atoms with E-state index in [1.54, 1.807) is 24.3 Å². The smallest absolute Gasteiger partial charge is 0.206 e. The second kappa shape index (κ2) is 4.53. The molecule has 1 N–H and O–H groups in total. The van der Waals surface area contributed by atoms with Gasteiger partial charge in [0.1, 0.15) is 5.76 Å². The van der Waals surface area contributed by atoms with Gasteiger partial charge in [0.2, 0.25) is 9.84 Å². The van der Waals surface area contributed by atoms with Crippen molar-refractivity contribution in [3.63, 3.8) is 0 Å². The molecule has 0 spiro atoms. The number of aryl methyl sites for hydroxylation is 1. The monoisotopic (exact) mass is 252 g/mol. The molecule has 1 aliphatic rings. The van der Waals surface area contributed by atoms with Gasteiger partial charge in [-0.1, -0.05) is 17.7 Å². The van der Waals surface area contributed by atoms with Crippen molar-refractivity contribution >= 4 is 9.84 Å². The zero-order chi connectivity index (χ0) is 12.5. The van der Waals surface area contributed by atoms with Crippen molar-refractivity contribution in [1.29, 1.82) is 0 Å². The van der Waals surface area contributed by atoms with E-state index < -0.39 is 9.84 Å². The largest absolute Gasteiger partial charge is 0.511 e. The highest BCUT2D eigenvalue weighted by Crippen LogP contribution is 2.31. The third-order valence-electron chi connectivity index (χ3n) is 3.04. The van der Waals surface area contributed by atoms with Crippen LogP contribution in [0.3, 0.4) is 0 Å². The lowest BCUT2D eigenvalue weighted by atomic mass is 10.1. The summed E-state index contributed by atoms with van der Waals surface area (Å²) in [6, 6.07) is 6.74. The van der Waals surface area contributed by atoms with Gasteiger partial charge in [0, 0.05) is 6.42 Å². The Kier molecular flexibility index (Phi) is 3.24. The molecule has 0 fully saturated rings. The highest BCUT2D eigenvalue weighted by Gasteiger charge is 2.26. The van der Waals surface area contributed by atoms with Crippen LogP contribution in [-0.2, 0) is 9.84 Å². The lowest BCUT2D eigenvalue weighted by molar-refractivity contribution is 0.364. The number of allylic oxidation sites excluding steroid dienone is 2. The average Bonchev–Trinajstić information content (AvgIpc) is 2.30. The lowest BCUT2D eigenvalue weighted by Gasteiger charge is -2.16. The van der Waals surface area contributed by atoms with E-state index in [1.165, 1.54) is 0 Å². The molecule has 17 heavy (non-hydrogen) atoms. The number of rotatable bonds is 2. The van der Waals surface area contributed by atoms with E-state index in [0.29, 0.717) is 12.8 Å². The molecule has 3 nitrogen and oxygen atoms in total. The predicted molar refractivity (Wildman–Crippen MR) is 66.5 cm³/mol. The minimum absolute atomic E-state index is 0.0387. The summed E-state index contributed by atoms with van der Waals surface area (Å²) in [4.78, 5) is 0.471. The molecule has 1 aromatic rings. The van der Waals surface area contributed by atoms with Gasteiger partial charge < -0.3 is 5.11 Å². The summed E-state index contributed by atoms with van der Waals surface area (Å²) in [6.45, 7) is 1.91. The number of hydrogen-bond acceptors (Lipinski definition) is 3. The maximum absolute atomic E-state index is 12.3. The average molecular weight is 252 g/mol. The van der Waals surface area contributed by atoms with Gasteiger partial charge in [0.25, 0.3) is 0 Å². The van der Waals surface area contributed by atoms with E-state index in [4.69, 9.17) is 0 Å². The maximum atomic E-state index is 12.3. The summed E-state index contributed by atoms with van der Waals surface area (Å²) in [5, 5.41) is 9.72. The van der Waals surface area contributed by atoms with Gasteiger partial charge >= 0.3 is 0 Å². The summed E-state index contributed by atoms with van der Waals surface area (Å²) in [5.74, 6) is 0.0387. The fourth-order valence-electron chi connectivity index (χ4n) is 2.01. The highest BCUT2D eigenvalue weighted by molar-refractivity contribution is 7.95. The molecule has 0 atom stereocenters. The molecule has 0 radical (unpaired) electrons. The molecule has 0 amide bonds. The molecule has 2 rings (SSSR count). The minimum Gasteiger partial charge on any atom is -0.511 e. The van der Waals surface area contributed by atoms with E-state index in [1.807, 2.05) is 6.92 Å². The zero-order valence-corrected chi connectivity index (χ0v) is 10.6. The normalized spacial score (nSPS) is 17.2.